The van der Waals surface area contributed by atoms with Crippen LogP contribution in [0.3, 0.4) is 0 Å². The van der Waals surface area contributed by atoms with E-state index < -0.39 is 22.0 Å². The summed E-state index contributed by atoms with van der Waals surface area (Å²) in [4.78, 5) is 0. The quantitative estimate of drug-likeness (QED) is 0.783. The molecule has 2 rings (SSSR count). The van der Waals surface area contributed by atoms with Gasteiger partial charge in [-0.1, -0.05) is 0 Å². The second-order valence-corrected chi connectivity index (χ2v) is 7.95. The summed E-state index contributed by atoms with van der Waals surface area (Å²) in [6, 6.07) is 3.68. The van der Waals surface area contributed by atoms with Crippen molar-refractivity contribution in [3.05, 3.63) is 22.2 Å². The molecule has 6 nitrogen and oxygen atoms in total. The average molecular weight is 380 g/mol. The first-order valence-corrected chi connectivity index (χ1v) is 9.04. The Labute approximate surface area is 132 Å². The van der Waals surface area contributed by atoms with Gasteiger partial charge < -0.3 is 19.9 Å². The van der Waals surface area contributed by atoms with Gasteiger partial charge >= 0.3 is 0 Å². The molecular weight excluding hydrogens is 362 g/mol. The van der Waals surface area contributed by atoms with E-state index in [1.807, 2.05) is 19.2 Å². The van der Waals surface area contributed by atoms with Crippen molar-refractivity contribution in [1.82, 2.24) is 5.32 Å². The molecule has 8 heteroatoms. The SMILES string of the molecule is CNCc1cc(Br)c(OC2CS(=O)(=O)CC2O)c(OC)c1. The highest BCUT2D eigenvalue weighted by Gasteiger charge is 2.38. The number of sulfone groups is 1. The van der Waals surface area contributed by atoms with Crippen LogP contribution >= 0.6 is 15.9 Å². The van der Waals surface area contributed by atoms with Gasteiger partial charge in [-0.15, -0.1) is 0 Å². The summed E-state index contributed by atoms with van der Waals surface area (Å²) < 4.78 is 34.7. The van der Waals surface area contributed by atoms with Gasteiger partial charge in [-0.2, -0.15) is 0 Å². The number of nitrogens with one attached hydrogen (secondary N) is 1. The summed E-state index contributed by atoms with van der Waals surface area (Å²) in [6.45, 7) is 0.662. The highest BCUT2D eigenvalue weighted by atomic mass is 79.9. The summed E-state index contributed by atoms with van der Waals surface area (Å²) >= 11 is 3.40. The number of aliphatic hydroxyl groups is 1. The Bertz CT molecular complexity index is 619. The van der Waals surface area contributed by atoms with E-state index in [2.05, 4.69) is 21.2 Å². The van der Waals surface area contributed by atoms with E-state index in [4.69, 9.17) is 9.47 Å². The topological polar surface area (TPSA) is 84.9 Å². The fourth-order valence-corrected chi connectivity index (χ4v) is 4.50. The van der Waals surface area contributed by atoms with Gasteiger partial charge in [0.1, 0.15) is 12.2 Å². The predicted octanol–water partition coefficient (Wildman–Crippen LogP) is 0.714. The fraction of sp³-hybridized carbons (Fsp3) is 0.538. The molecule has 2 unspecified atom stereocenters. The van der Waals surface area contributed by atoms with Crippen LogP contribution in [0.5, 0.6) is 11.5 Å². The fourth-order valence-electron chi connectivity index (χ4n) is 2.25. The van der Waals surface area contributed by atoms with Crippen molar-refractivity contribution < 1.29 is 23.0 Å². The van der Waals surface area contributed by atoms with E-state index in [0.717, 1.165) is 5.56 Å². The number of aliphatic hydroxyl groups excluding tert-OH is 1. The van der Waals surface area contributed by atoms with Gasteiger partial charge in [0.2, 0.25) is 0 Å². The van der Waals surface area contributed by atoms with E-state index in [-0.39, 0.29) is 11.5 Å². The molecule has 0 bridgehead atoms. The summed E-state index contributed by atoms with van der Waals surface area (Å²) in [6.07, 6.45) is -1.81. The van der Waals surface area contributed by atoms with Gasteiger partial charge in [-0.3, -0.25) is 0 Å². The van der Waals surface area contributed by atoms with Crippen molar-refractivity contribution in [3.8, 4) is 11.5 Å². The largest absolute Gasteiger partial charge is 0.493 e. The summed E-state index contributed by atoms with van der Waals surface area (Å²) in [5.74, 6) is 0.432. The number of benzene rings is 1. The first-order valence-electron chi connectivity index (χ1n) is 6.42. The van der Waals surface area contributed by atoms with Crippen molar-refractivity contribution in [1.29, 1.82) is 0 Å². The number of hydrogen-bond donors (Lipinski definition) is 2. The summed E-state index contributed by atoms with van der Waals surface area (Å²) in [7, 11) is 0.0963. The molecule has 0 radical (unpaired) electrons. The lowest BCUT2D eigenvalue weighted by Crippen LogP contribution is -2.30. The minimum Gasteiger partial charge on any atom is -0.493 e. The number of rotatable bonds is 5. The second-order valence-electron chi connectivity index (χ2n) is 4.94. The second kappa shape index (κ2) is 6.51. The van der Waals surface area contributed by atoms with E-state index in [0.29, 0.717) is 22.5 Å². The normalized spacial score (nSPS) is 24.0. The van der Waals surface area contributed by atoms with Gasteiger partial charge in [0.25, 0.3) is 0 Å². The zero-order valence-electron chi connectivity index (χ0n) is 11.8. The Morgan fingerprint density at radius 3 is 2.67 bits per heavy atom. The van der Waals surface area contributed by atoms with Crippen LogP contribution in [0.25, 0.3) is 0 Å². The molecule has 1 aromatic carbocycles. The van der Waals surface area contributed by atoms with Crippen LogP contribution in [-0.2, 0) is 16.4 Å². The third-order valence-corrected chi connectivity index (χ3v) is 5.49. The summed E-state index contributed by atoms with van der Waals surface area (Å²) in [5, 5.41) is 12.8. The van der Waals surface area contributed by atoms with E-state index in [1.165, 1.54) is 7.11 Å². The molecule has 0 aromatic heterocycles. The Morgan fingerprint density at radius 2 is 2.14 bits per heavy atom. The molecule has 1 saturated heterocycles. The molecule has 2 N–H and O–H groups in total. The molecule has 0 spiro atoms. The third-order valence-electron chi connectivity index (χ3n) is 3.21. The Hall–Kier alpha value is -0.830. The lowest BCUT2D eigenvalue weighted by Gasteiger charge is -2.19. The number of methoxy groups -OCH3 is 1. The van der Waals surface area contributed by atoms with Crippen LogP contribution in [0.15, 0.2) is 16.6 Å². The maximum atomic E-state index is 11.5. The molecular formula is C13H18BrNO5S. The molecule has 1 heterocycles. The molecule has 0 aliphatic carbocycles. The van der Waals surface area contributed by atoms with Crippen LogP contribution in [-0.4, -0.2) is 51.4 Å². The minimum absolute atomic E-state index is 0.192. The average Bonchev–Trinajstić information content (AvgIpc) is 2.65. The van der Waals surface area contributed by atoms with E-state index in [9.17, 15) is 13.5 Å². The molecule has 0 amide bonds. The highest BCUT2D eigenvalue weighted by Crippen LogP contribution is 2.38. The molecule has 21 heavy (non-hydrogen) atoms. The van der Waals surface area contributed by atoms with Crippen LogP contribution in [0.1, 0.15) is 5.56 Å². The first-order chi connectivity index (χ1) is 9.86. The van der Waals surface area contributed by atoms with Gasteiger partial charge in [-0.05, 0) is 40.7 Å². The van der Waals surface area contributed by atoms with Crippen LogP contribution in [0.4, 0.5) is 0 Å². The van der Waals surface area contributed by atoms with Crippen molar-refractivity contribution in [2.45, 2.75) is 18.8 Å². The monoisotopic (exact) mass is 379 g/mol. The predicted molar refractivity (Wildman–Crippen MR) is 82.5 cm³/mol. The van der Waals surface area contributed by atoms with E-state index in [1.54, 1.807) is 0 Å². The Balaban J connectivity index is 2.27. The zero-order chi connectivity index (χ0) is 15.6. The number of ether oxygens (including phenoxy) is 2. The zero-order valence-corrected chi connectivity index (χ0v) is 14.2. The summed E-state index contributed by atoms with van der Waals surface area (Å²) in [5.41, 5.74) is 0.994. The smallest absolute Gasteiger partial charge is 0.175 e. The molecule has 1 aliphatic heterocycles. The van der Waals surface area contributed by atoms with Crippen molar-refractivity contribution in [3.63, 3.8) is 0 Å². The van der Waals surface area contributed by atoms with Crippen molar-refractivity contribution in [2.75, 3.05) is 25.7 Å². The Morgan fingerprint density at radius 1 is 1.43 bits per heavy atom. The van der Waals surface area contributed by atoms with Crippen LogP contribution < -0.4 is 14.8 Å². The lowest BCUT2D eigenvalue weighted by molar-refractivity contribution is 0.0713. The lowest BCUT2D eigenvalue weighted by atomic mass is 10.2. The maximum absolute atomic E-state index is 11.5. The highest BCUT2D eigenvalue weighted by molar-refractivity contribution is 9.10. The van der Waals surface area contributed by atoms with E-state index >= 15 is 0 Å². The molecule has 118 valence electrons. The maximum Gasteiger partial charge on any atom is 0.175 e. The molecule has 1 fully saturated rings. The first kappa shape index (κ1) is 16.5. The van der Waals surface area contributed by atoms with Gasteiger partial charge in [0, 0.05) is 6.54 Å². The van der Waals surface area contributed by atoms with Crippen LogP contribution in [0.2, 0.25) is 0 Å². The number of hydrogen-bond acceptors (Lipinski definition) is 6. The van der Waals surface area contributed by atoms with Gasteiger partial charge in [-0.25, -0.2) is 8.42 Å². The molecule has 0 saturated carbocycles. The molecule has 1 aliphatic rings. The third kappa shape index (κ3) is 3.88. The van der Waals surface area contributed by atoms with Gasteiger partial charge in [0.05, 0.1) is 23.1 Å². The van der Waals surface area contributed by atoms with Crippen molar-refractivity contribution in [2.24, 2.45) is 0 Å². The Kier molecular flexibility index (Phi) is 5.13. The molecule has 2 atom stereocenters. The van der Waals surface area contributed by atoms with Gasteiger partial charge in [0.15, 0.2) is 21.3 Å². The number of halogens is 1. The minimum atomic E-state index is -3.26. The van der Waals surface area contributed by atoms with Crippen molar-refractivity contribution >= 4 is 25.8 Å². The standard InChI is InChI=1S/C13H18BrNO5S/c1-15-5-8-3-9(14)13(11(4-8)19-2)20-12-7-21(17,18)6-10(12)16/h3-4,10,12,15-16H,5-7H2,1-2H3. The van der Waals surface area contributed by atoms with Crippen LogP contribution in [0, 0.1) is 0 Å². The molecule has 1 aromatic rings.